The first-order valence-corrected chi connectivity index (χ1v) is 7.69. The zero-order valence-corrected chi connectivity index (χ0v) is 13.8. The Morgan fingerprint density at radius 2 is 1.57 bits per heavy atom. The number of aromatic nitrogens is 2. The molecule has 0 spiro atoms. The topological polar surface area (TPSA) is 38.2 Å². The summed E-state index contributed by atoms with van der Waals surface area (Å²) in [6.45, 7) is 3.66. The number of para-hydroxylation sites is 2. The first-order valence-electron chi connectivity index (χ1n) is 7.69. The van der Waals surface area contributed by atoms with E-state index in [1.807, 2.05) is 43.3 Å². The second kappa shape index (κ2) is 6.75. The van der Waals surface area contributed by atoms with E-state index in [1.54, 1.807) is 7.11 Å². The second-order valence-electron chi connectivity index (χ2n) is 5.76. The molecule has 0 bridgehead atoms. The van der Waals surface area contributed by atoms with E-state index >= 15 is 0 Å². The van der Waals surface area contributed by atoms with Crippen molar-refractivity contribution in [3.05, 3.63) is 65.5 Å². The predicted molar refractivity (Wildman–Crippen MR) is 92.4 cm³/mol. The van der Waals surface area contributed by atoms with Gasteiger partial charge in [0.25, 0.3) is 0 Å². The molecule has 1 aromatic heterocycles. The highest BCUT2D eigenvalue weighted by Crippen LogP contribution is 2.16. The molecule has 4 nitrogen and oxygen atoms in total. The Hall–Kier alpha value is -2.46. The van der Waals surface area contributed by atoms with Crippen molar-refractivity contribution in [3.8, 4) is 5.75 Å². The standard InChI is InChI=1S/C19H21N3O/c1-14-19(21-18-7-5-4-6-17(18)20-14)13-22(2)12-15-8-10-16(23-3)11-9-15/h4-11H,12-13H2,1-3H3. The molecule has 0 amide bonds. The monoisotopic (exact) mass is 307 g/mol. The molecule has 3 rings (SSSR count). The van der Waals surface area contributed by atoms with Crippen molar-refractivity contribution in [3.63, 3.8) is 0 Å². The summed E-state index contributed by atoms with van der Waals surface area (Å²) in [6, 6.07) is 16.2. The first kappa shape index (κ1) is 15.4. The summed E-state index contributed by atoms with van der Waals surface area (Å²) in [7, 11) is 3.78. The van der Waals surface area contributed by atoms with Gasteiger partial charge in [0.1, 0.15) is 5.75 Å². The summed E-state index contributed by atoms with van der Waals surface area (Å²) < 4.78 is 5.19. The van der Waals surface area contributed by atoms with Gasteiger partial charge in [0, 0.05) is 13.1 Å². The molecule has 4 heteroatoms. The lowest BCUT2D eigenvalue weighted by Gasteiger charge is -2.17. The molecule has 0 aliphatic heterocycles. The van der Waals surface area contributed by atoms with Crippen LogP contribution in [0.1, 0.15) is 17.0 Å². The third kappa shape index (κ3) is 3.66. The maximum Gasteiger partial charge on any atom is 0.118 e. The Kier molecular flexibility index (Phi) is 4.53. The number of aryl methyl sites for hydroxylation is 1. The fourth-order valence-electron chi connectivity index (χ4n) is 2.63. The summed E-state index contributed by atoms with van der Waals surface area (Å²) in [5, 5.41) is 0. The van der Waals surface area contributed by atoms with Crippen molar-refractivity contribution < 1.29 is 4.74 Å². The molecule has 2 aromatic carbocycles. The normalized spacial score (nSPS) is 11.1. The van der Waals surface area contributed by atoms with E-state index < -0.39 is 0 Å². The smallest absolute Gasteiger partial charge is 0.118 e. The third-order valence-corrected chi connectivity index (χ3v) is 3.87. The fourth-order valence-corrected chi connectivity index (χ4v) is 2.63. The second-order valence-corrected chi connectivity index (χ2v) is 5.76. The average Bonchev–Trinajstić information content (AvgIpc) is 2.56. The van der Waals surface area contributed by atoms with E-state index in [4.69, 9.17) is 9.72 Å². The summed E-state index contributed by atoms with van der Waals surface area (Å²) >= 11 is 0. The molecule has 0 N–H and O–H groups in total. The molecule has 3 aromatic rings. The SMILES string of the molecule is COc1ccc(CN(C)Cc2nc3ccccc3nc2C)cc1. The van der Waals surface area contributed by atoms with Crippen molar-refractivity contribution >= 4 is 11.0 Å². The van der Waals surface area contributed by atoms with Crippen molar-refractivity contribution in [1.29, 1.82) is 0 Å². The molecule has 0 saturated heterocycles. The van der Waals surface area contributed by atoms with Gasteiger partial charge in [0.15, 0.2) is 0 Å². The van der Waals surface area contributed by atoms with Gasteiger partial charge in [-0.15, -0.1) is 0 Å². The number of benzene rings is 2. The van der Waals surface area contributed by atoms with Crippen LogP contribution >= 0.6 is 0 Å². The molecular formula is C19H21N3O. The van der Waals surface area contributed by atoms with Crippen LogP contribution in [0.15, 0.2) is 48.5 Å². The van der Waals surface area contributed by atoms with Gasteiger partial charge in [-0.3, -0.25) is 4.90 Å². The van der Waals surface area contributed by atoms with Gasteiger partial charge in [-0.2, -0.15) is 0 Å². The van der Waals surface area contributed by atoms with Gasteiger partial charge in [0.2, 0.25) is 0 Å². The largest absolute Gasteiger partial charge is 0.497 e. The zero-order chi connectivity index (χ0) is 16.2. The fraction of sp³-hybridized carbons (Fsp3) is 0.263. The molecule has 118 valence electrons. The molecular weight excluding hydrogens is 286 g/mol. The van der Waals surface area contributed by atoms with Crippen LogP contribution < -0.4 is 4.74 Å². The minimum absolute atomic E-state index is 0.774. The molecule has 0 saturated carbocycles. The Morgan fingerprint density at radius 1 is 0.913 bits per heavy atom. The molecule has 0 unspecified atom stereocenters. The first-order chi connectivity index (χ1) is 11.2. The molecule has 23 heavy (non-hydrogen) atoms. The number of hydrogen-bond donors (Lipinski definition) is 0. The highest BCUT2D eigenvalue weighted by Gasteiger charge is 2.08. The Labute approximate surface area is 136 Å². The number of ether oxygens (including phenoxy) is 1. The highest BCUT2D eigenvalue weighted by molar-refractivity contribution is 5.74. The van der Waals surface area contributed by atoms with Crippen LogP contribution in [0.3, 0.4) is 0 Å². The number of rotatable bonds is 5. The summed E-state index contributed by atoms with van der Waals surface area (Å²) in [5.41, 5.74) is 5.17. The van der Waals surface area contributed by atoms with Gasteiger partial charge in [0.05, 0.1) is 29.5 Å². The van der Waals surface area contributed by atoms with Crippen LogP contribution in [0.2, 0.25) is 0 Å². The zero-order valence-electron chi connectivity index (χ0n) is 13.8. The van der Waals surface area contributed by atoms with Crippen LogP contribution in [0.4, 0.5) is 0 Å². The van der Waals surface area contributed by atoms with E-state index in [0.29, 0.717) is 0 Å². The summed E-state index contributed by atoms with van der Waals surface area (Å²) in [6.07, 6.45) is 0. The van der Waals surface area contributed by atoms with E-state index in [9.17, 15) is 0 Å². The van der Waals surface area contributed by atoms with Crippen LogP contribution in [-0.4, -0.2) is 29.0 Å². The molecule has 1 heterocycles. The van der Waals surface area contributed by atoms with Crippen molar-refractivity contribution in [2.45, 2.75) is 20.0 Å². The maximum absolute atomic E-state index is 5.19. The Morgan fingerprint density at radius 3 is 2.22 bits per heavy atom. The van der Waals surface area contributed by atoms with E-state index in [1.165, 1.54) is 5.56 Å². The minimum atomic E-state index is 0.774. The number of hydrogen-bond acceptors (Lipinski definition) is 4. The number of fused-ring (bicyclic) bond motifs is 1. The minimum Gasteiger partial charge on any atom is -0.497 e. The third-order valence-electron chi connectivity index (χ3n) is 3.87. The number of methoxy groups -OCH3 is 1. The van der Waals surface area contributed by atoms with Crippen LogP contribution in [0.25, 0.3) is 11.0 Å². The van der Waals surface area contributed by atoms with E-state index in [2.05, 4.69) is 29.1 Å². The van der Waals surface area contributed by atoms with Crippen molar-refractivity contribution in [2.24, 2.45) is 0 Å². The molecule has 0 aliphatic carbocycles. The van der Waals surface area contributed by atoms with Gasteiger partial charge >= 0.3 is 0 Å². The number of nitrogens with zero attached hydrogens (tertiary/aromatic N) is 3. The summed E-state index contributed by atoms with van der Waals surface area (Å²) in [4.78, 5) is 11.7. The summed E-state index contributed by atoms with van der Waals surface area (Å²) in [5.74, 6) is 0.882. The van der Waals surface area contributed by atoms with Crippen molar-refractivity contribution in [2.75, 3.05) is 14.2 Å². The molecule has 0 fully saturated rings. The lowest BCUT2D eigenvalue weighted by atomic mass is 10.2. The average molecular weight is 307 g/mol. The van der Waals surface area contributed by atoms with Crippen molar-refractivity contribution in [1.82, 2.24) is 14.9 Å². The lowest BCUT2D eigenvalue weighted by Crippen LogP contribution is -2.19. The van der Waals surface area contributed by atoms with E-state index in [0.717, 1.165) is 41.3 Å². The van der Waals surface area contributed by atoms with Gasteiger partial charge in [-0.1, -0.05) is 24.3 Å². The highest BCUT2D eigenvalue weighted by atomic mass is 16.5. The lowest BCUT2D eigenvalue weighted by molar-refractivity contribution is 0.314. The molecule has 0 radical (unpaired) electrons. The van der Waals surface area contributed by atoms with Gasteiger partial charge < -0.3 is 4.74 Å². The quantitative estimate of drug-likeness (QED) is 0.722. The van der Waals surface area contributed by atoms with E-state index in [-0.39, 0.29) is 0 Å². The van der Waals surface area contributed by atoms with Crippen LogP contribution in [-0.2, 0) is 13.1 Å². The van der Waals surface area contributed by atoms with Gasteiger partial charge in [-0.05, 0) is 43.8 Å². The van der Waals surface area contributed by atoms with Gasteiger partial charge in [-0.25, -0.2) is 9.97 Å². The Bertz CT molecular complexity index is 799. The van der Waals surface area contributed by atoms with Crippen LogP contribution in [0, 0.1) is 6.92 Å². The predicted octanol–water partition coefficient (Wildman–Crippen LogP) is 3.58. The maximum atomic E-state index is 5.19. The van der Waals surface area contributed by atoms with Crippen LogP contribution in [0.5, 0.6) is 5.75 Å². The molecule has 0 aliphatic rings. The molecule has 0 atom stereocenters. The Balaban J connectivity index is 1.74.